The maximum absolute atomic E-state index is 13.0. The van der Waals surface area contributed by atoms with Gasteiger partial charge in [0.1, 0.15) is 11.4 Å². The third-order valence-corrected chi connectivity index (χ3v) is 5.93. The summed E-state index contributed by atoms with van der Waals surface area (Å²) in [6.45, 7) is 0.729. The van der Waals surface area contributed by atoms with Crippen molar-refractivity contribution in [2.24, 2.45) is 5.92 Å². The number of carbonyl (C=O) groups is 1. The molecule has 5 nitrogen and oxygen atoms in total. The Hall–Kier alpha value is -2.27. The van der Waals surface area contributed by atoms with Gasteiger partial charge in [0.15, 0.2) is 0 Å². The van der Waals surface area contributed by atoms with Gasteiger partial charge in [-0.3, -0.25) is 4.79 Å². The smallest absolute Gasteiger partial charge is 0.268 e. The monoisotopic (exact) mass is 352 g/mol. The number of nitrogens with zero attached hydrogens (tertiary/aromatic N) is 1. The van der Waals surface area contributed by atoms with Crippen LogP contribution in [0, 0.1) is 5.92 Å². The van der Waals surface area contributed by atoms with Crippen molar-refractivity contribution in [2.45, 2.75) is 50.3 Å². The number of benzene rings is 1. The van der Waals surface area contributed by atoms with Crippen LogP contribution in [0.1, 0.15) is 59.4 Å². The van der Waals surface area contributed by atoms with E-state index in [1.807, 2.05) is 24.4 Å². The van der Waals surface area contributed by atoms with E-state index in [-0.39, 0.29) is 24.0 Å². The summed E-state index contributed by atoms with van der Waals surface area (Å²) in [6.07, 6.45) is 6.45. The van der Waals surface area contributed by atoms with Gasteiger partial charge in [0.05, 0.1) is 18.8 Å². The highest BCUT2D eigenvalue weighted by Crippen LogP contribution is 2.40. The van der Waals surface area contributed by atoms with Crippen molar-refractivity contribution < 1.29 is 14.6 Å². The summed E-state index contributed by atoms with van der Waals surface area (Å²) in [7, 11) is 0. The molecule has 1 unspecified atom stereocenters. The zero-order valence-electron chi connectivity index (χ0n) is 14.7. The number of carbonyl (C=O) groups excluding carboxylic acids is 1. The SMILES string of the molecule is O=C(NC(c1ccc2c(c1)CCO2)C1CC(O)C1)c1cccn1C1CC1. The number of rotatable bonds is 5. The summed E-state index contributed by atoms with van der Waals surface area (Å²) < 4.78 is 7.71. The van der Waals surface area contributed by atoms with Crippen LogP contribution in [0.5, 0.6) is 5.75 Å². The van der Waals surface area contributed by atoms with Crippen molar-refractivity contribution in [3.63, 3.8) is 0 Å². The van der Waals surface area contributed by atoms with E-state index >= 15 is 0 Å². The Labute approximate surface area is 153 Å². The third-order valence-electron chi connectivity index (χ3n) is 5.93. The first-order valence-electron chi connectivity index (χ1n) is 9.60. The molecule has 2 fully saturated rings. The molecular weight excluding hydrogens is 328 g/mol. The number of nitrogens with one attached hydrogen (secondary N) is 1. The second-order valence-electron chi connectivity index (χ2n) is 7.83. The van der Waals surface area contributed by atoms with E-state index < -0.39 is 0 Å². The molecule has 1 atom stereocenters. The van der Waals surface area contributed by atoms with Crippen molar-refractivity contribution in [1.82, 2.24) is 9.88 Å². The van der Waals surface area contributed by atoms with E-state index in [1.165, 1.54) is 5.56 Å². The Morgan fingerprint density at radius 2 is 2.12 bits per heavy atom. The fourth-order valence-corrected chi connectivity index (χ4v) is 4.25. The predicted octanol–water partition coefficient (Wildman–Crippen LogP) is 3.00. The molecule has 0 saturated heterocycles. The molecule has 2 aliphatic carbocycles. The summed E-state index contributed by atoms with van der Waals surface area (Å²) in [5.74, 6) is 1.21. The van der Waals surface area contributed by atoms with Crippen LogP contribution in [0.15, 0.2) is 36.5 Å². The highest BCUT2D eigenvalue weighted by atomic mass is 16.5. The van der Waals surface area contributed by atoms with E-state index in [4.69, 9.17) is 4.74 Å². The maximum atomic E-state index is 13.0. The molecule has 1 aromatic carbocycles. The van der Waals surface area contributed by atoms with Gasteiger partial charge in [0, 0.05) is 18.7 Å². The zero-order valence-corrected chi connectivity index (χ0v) is 14.7. The lowest BCUT2D eigenvalue weighted by Crippen LogP contribution is -2.41. The summed E-state index contributed by atoms with van der Waals surface area (Å²) in [4.78, 5) is 13.0. The number of aliphatic hydroxyl groups excluding tert-OH is 1. The van der Waals surface area contributed by atoms with Crippen LogP contribution in [0.25, 0.3) is 0 Å². The topological polar surface area (TPSA) is 63.5 Å². The van der Waals surface area contributed by atoms with Gasteiger partial charge in [-0.1, -0.05) is 6.07 Å². The average molecular weight is 352 g/mol. The summed E-state index contributed by atoms with van der Waals surface area (Å²) in [5.41, 5.74) is 3.06. The molecule has 5 heteroatoms. The lowest BCUT2D eigenvalue weighted by Gasteiger charge is -2.38. The fourth-order valence-electron chi connectivity index (χ4n) is 4.25. The van der Waals surface area contributed by atoms with Crippen molar-refractivity contribution in [3.05, 3.63) is 53.3 Å². The molecule has 26 heavy (non-hydrogen) atoms. The van der Waals surface area contributed by atoms with Gasteiger partial charge in [-0.15, -0.1) is 0 Å². The normalized spacial score (nSPS) is 25.1. The van der Waals surface area contributed by atoms with Crippen LogP contribution < -0.4 is 10.1 Å². The minimum Gasteiger partial charge on any atom is -0.493 e. The molecule has 1 aliphatic heterocycles. The first-order valence-corrected chi connectivity index (χ1v) is 9.60. The van der Waals surface area contributed by atoms with Crippen LogP contribution >= 0.6 is 0 Å². The molecule has 2 aromatic rings. The first kappa shape index (κ1) is 15.9. The van der Waals surface area contributed by atoms with Crippen LogP contribution in [-0.2, 0) is 6.42 Å². The first-order chi connectivity index (χ1) is 12.7. The van der Waals surface area contributed by atoms with Crippen molar-refractivity contribution in [1.29, 1.82) is 0 Å². The predicted molar refractivity (Wildman–Crippen MR) is 97.3 cm³/mol. The van der Waals surface area contributed by atoms with Gasteiger partial charge in [0.25, 0.3) is 5.91 Å². The lowest BCUT2D eigenvalue weighted by atomic mass is 9.74. The number of fused-ring (bicyclic) bond motifs is 1. The maximum Gasteiger partial charge on any atom is 0.268 e. The Morgan fingerprint density at radius 3 is 2.88 bits per heavy atom. The van der Waals surface area contributed by atoms with Gasteiger partial charge in [-0.25, -0.2) is 0 Å². The van der Waals surface area contributed by atoms with Crippen molar-refractivity contribution >= 4 is 5.91 Å². The standard InChI is InChI=1S/C21H24N2O3/c24-17-11-15(12-17)20(14-3-6-19-13(10-14)7-9-26-19)22-21(25)18-2-1-8-23(18)16-4-5-16/h1-3,6,8,10,15-17,20,24H,4-5,7,9,11-12H2,(H,22,25). The van der Waals surface area contributed by atoms with Crippen molar-refractivity contribution in [3.8, 4) is 5.75 Å². The fraction of sp³-hybridized carbons (Fsp3) is 0.476. The molecule has 2 heterocycles. The van der Waals surface area contributed by atoms with Gasteiger partial charge >= 0.3 is 0 Å². The summed E-state index contributed by atoms with van der Waals surface area (Å²) in [5, 5.41) is 13.0. The summed E-state index contributed by atoms with van der Waals surface area (Å²) >= 11 is 0. The van der Waals surface area contributed by atoms with E-state index in [0.717, 1.165) is 55.7 Å². The Morgan fingerprint density at radius 1 is 1.27 bits per heavy atom. The van der Waals surface area contributed by atoms with Crippen LogP contribution in [0.4, 0.5) is 0 Å². The Balaban J connectivity index is 1.41. The minimum atomic E-state index is -0.243. The number of amides is 1. The van der Waals surface area contributed by atoms with E-state index in [0.29, 0.717) is 6.04 Å². The molecule has 136 valence electrons. The quantitative estimate of drug-likeness (QED) is 0.869. The van der Waals surface area contributed by atoms with Crippen LogP contribution in [0.3, 0.4) is 0 Å². The second-order valence-corrected chi connectivity index (χ2v) is 7.83. The number of ether oxygens (including phenoxy) is 1. The molecule has 0 radical (unpaired) electrons. The highest BCUT2D eigenvalue weighted by Gasteiger charge is 2.37. The molecule has 1 amide bonds. The van der Waals surface area contributed by atoms with Crippen LogP contribution in [0.2, 0.25) is 0 Å². The van der Waals surface area contributed by atoms with Gasteiger partial charge < -0.3 is 19.7 Å². The van der Waals surface area contributed by atoms with Crippen molar-refractivity contribution in [2.75, 3.05) is 6.61 Å². The zero-order chi connectivity index (χ0) is 17.7. The van der Waals surface area contributed by atoms with Gasteiger partial charge in [-0.2, -0.15) is 0 Å². The number of hydrogen-bond acceptors (Lipinski definition) is 3. The van der Waals surface area contributed by atoms with Gasteiger partial charge in [0.2, 0.25) is 0 Å². The largest absolute Gasteiger partial charge is 0.493 e. The molecule has 1 aromatic heterocycles. The molecule has 0 spiro atoms. The number of aliphatic hydroxyl groups is 1. The van der Waals surface area contributed by atoms with Gasteiger partial charge in [-0.05, 0) is 67.0 Å². The minimum absolute atomic E-state index is 0.0231. The van der Waals surface area contributed by atoms with E-state index in [2.05, 4.69) is 22.0 Å². The third kappa shape index (κ3) is 2.80. The Bertz CT molecular complexity index is 834. The average Bonchev–Trinajstić information content (AvgIpc) is 3.16. The highest BCUT2D eigenvalue weighted by molar-refractivity contribution is 5.93. The molecule has 5 rings (SSSR count). The molecule has 3 aliphatic rings. The molecule has 2 N–H and O–H groups in total. The second kappa shape index (κ2) is 6.16. The van der Waals surface area contributed by atoms with Crippen LogP contribution in [-0.4, -0.2) is 28.3 Å². The van der Waals surface area contributed by atoms with E-state index in [1.54, 1.807) is 0 Å². The number of hydrogen-bond donors (Lipinski definition) is 2. The molecule has 2 saturated carbocycles. The summed E-state index contributed by atoms with van der Waals surface area (Å²) in [6, 6.07) is 10.5. The Kier molecular flexibility index (Phi) is 3.78. The van der Waals surface area contributed by atoms with E-state index in [9.17, 15) is 9.90 Å². The lowest BCUT2D eigenvalue weighted by molar-refractivity contribution is 0.0234. The molecule has 0 bridgehead atoms. The number of aromatic nitrogens is 1. The molecular formula is C21H24N2O3.